The van der Waals surface area contributed by atoms with Gasteiger partial charge in [-0.15, -0.1) is 0 Å². The summed E-state index contributed by atoms with van der Waals surface area (Å²) in [6.07, 6.45) is 1.23. The fraction of sp³-hybridized carbons (Fsp3) is 0.381. The van der Waals surface area contributed by atoms with Crippen LogP contribution in [0.2, 0.25) is 0 Å². The average molecular weight is 341 g/mol. The Hall–Kier alpha value is -2.49. The van der Waals surface area contributed by atoms with Gasteiger partial charge in [-0.2, -0.15) is 0 Å². The molecule has 2 aromatic carbocycles. The predicted molar refractivity (Wildman–Crippen MR) is 100 cm³/mol. The van der Waals surface area contributed by atoms with E-state index in [-0.39, 0.29) is 5.91 Å². The van der Waals surface area contributed by atoms with Gasteiger partial charge in [-0.3, -0.25) is 4.79 Å². The molecular formula is C21H27NO3. The molecule has 0 radical (unpaired) electrons. The van der Waals surface area contributed by atoms with Crippen LogP contribution in [0.1, 0.15) is 35.6 Å². The van der Waals surface area contributed by atoms with E-state index in [1.54, 1.807) is 7.11 Å². The summed E-state index contributed by atoms with van der Waals surface area (Å²) in [5, 5.41) is 2.97. The van der Waals surface area contributed by atoms with Gasteiger partial charge in [0.05, 0.1) is 13.7 Å². The number of hydrogen-bond acceptors (Lipinski definition) is 3. The van der Waals surface area contributed by atoms with Crippen molar-refractivity contribution in [3.8, 4) is 11.5 Å². The second kappa shape index (κ2) is 9.11. The van der Waals surface area contributed by atoms with Crippen molar-refractivity contribution >= 4 is 5.91 Å². The van der Waals surface area contributed by atoms with Gasteiger partial charge >= 0.3 is 0 Å². The standard InChI is InChI=1S/C21H27NO3/c1-5-25-20-13-18(8-10-19(20)24-4)14-22-21(23)11-9-17-7-6-15(2)16(3)12-17/h6-8,10,12-13H,5,9,11,14H2,1-4H3,(H,22,23). The quantitative estimate of drug-likeness (QED) is 0.790. The fourth-order valence-corrected chi connectivity index (χ4v) is 2.61. The van der Waals surface area contributed by atoms with Gasteiger partial charge in [-0.1, -0.05) is 24.3 Å². The maximum atomic E-state index is 12.1. The van der Waals surface area contributed by atoms with Crippen molar-refractivity contribution in [1.82, 2.24) is 5.32 Å². The van der Waals surface area contributed by atoms with E-state index in [1.165, 1.54) is 16.7 Å². The van der Waals surface area contributed by atoms with Crippen LogP contribution < -0.4 is 14.8 Å². The topological polar surface area (TPSA) is 47.6 Å². The lowest BCUT2D eigenvalue weighted by molar-refractivity contribution is -0.121. The zero-order valence-corrected chi connectivity index (χ0v) is 15.5. The first-order valence-corrected chi connectivity index (χ1v) is 8.66. The Kier molecular flexibility index (Phi) is 6.87. The Morgan fingerprint density at radius 1 is 1.00 bits per heavy atom. The van der Waals surface area contributed by atoms with Crippen LogP contribution in [0, 0.1) is 13.8 Å². The molecule has 0 aliphatic carbocycles. The lowest BCUT2D eigenvalue weighted by Gasteiger charge is -2.12. The highest BCUT2D eigenvalue weighted by molar-refractivity contribution is 5.76. The Labute approximate surface area is 150 Å². The normalized spacial score (nSPS) is 10.4. The molecule has 0 heterocycles. The molecule has 0 atom stereocenters. The molecule has 134 valence electrons. The van der Waals surface area contributed by atoms with Gasteiger partial charge in [0.15, 0.2) is 11.5 Å². The van der Waals surface area contributed by atoms with Crippen LogP contribution in [0.4, 0.5) is 0 Å². The van der Waals surface area contributed by atoms with Gasteiger partial charge < -0.3 is 14.8 Å². The van der Waals surface area contributed by atoms with E-state index < -0.39 is 0 Å². The summed E-state index contributed by atoms with van der Waals surface area (Å²) < 4.78 is 10.8. The van der Waals surface area contributed by atoms with Crippen molar-refractivity contribution in [1.29, 1.82) is 0 Å². The van der Waals surface area contributed by atoms with Crippen molar-refractivity contribution < 1.29 is 14.3 Å². The molecule has 0 aromatic heterocycles. The monoisotopic (exact) mass is 341 g/mol. The highest BCUT2D eigenvalue weighted by Gasteiger charge is 2.07. The third-order valence-corrected chi connectivity index (χ3v) is 4.23. The number of hydrogen-bond donors (Lipinski definition) is 1. The van der Waals surface area contributed by atoms with Gasteiger partial charge in [-0.05, 0) is 61.6 Å². The summed E-state index contributed by atoms with van der Waals surface area (Å²) in [7, 11) is 1.62. The van der Waals surface area contributed by atoms with E-state index in [9.17, 15) is 4.79 Å². The van der Waals surface area contributed by atoms with Crippen LogP contribution in [0.5, 0.6) is 11.5 Å². The van der Waals surface area contributed by atoms with E-state index in [0.29, 0.717) is 31.1 Å². The van der Waals surface area contributed by atoms with Crippen LogP contribution in [0.25, 0.3) is 0 Å². The third-order valence-electron chi connectivity index (χ3n) is 4.23. The van der Waals surface area contributed by atoms with Crippen molar-refractivity contribution in [3.05, 3.63) is 58.7 Å². The molecule has 2 rings (SSSR count). The highest BCUT2D eigenvalue weighted by Crippen LogP contribution is 2.28. The van der Waals surface area contributed by atoms with Crippen LogP contribution in [-0.2, 0) is 17.8 Å². The minimum atomic E-state index is 0.0482. The summed E-state index contributed by atoms with van der Waals surface area (Å²) in [6.45, 7) is 7.17. The number of benzene rings is 2. The number of ether oxygens (including phenoxy) is 2. The molecule has 0 aliphatic heterocycles. The van der Waals surface area contributed by atoms with Gasteiger partial charge in [-0.25, -0.2) is 0 Å². The molecule has 0 aliphatic rings. The number of amides is 1. The molecule has 1 N–H and O–H groups in total. The van der Waals surface area contributed by atoms with E-state index in [1.807, 2.05) is 25.1 Å². The van der Waals surface area contributed by atoms with Gasteiger partial charge in [0.25, 0.3) is 0 Å². The zero-order valence-electron chi connectivity index (χ0n) is 15.5. The molecule has 25 heavy (non-hydrogen) atoms. The minimum Gasteiger partial charge on any atom is -0.493 e. The van der Waals surface area contributed by atoms with Gasteiger partial charge in [0, 0.05) is 13.0 Å². The maximum Gasteiger partial charge on any atom is 0.220 e. The van der Waals surface area contributed by atoms with Gasteiger partial charge in [0.1, 0.15) is 0 Å². The van der Waals surface area contributed by atoms with Crippen molar-refractivity contribution in [3.63, 3.8) is 0 Å². The first-order valence-electron chi connectivity index (χ1n) is 8.66. The number of nitrogens with one attached hydrogen (secondary N) is 1. The zero-order chi connectivity index (χ0) is 18.2. The van der Waals surface area contributed by atoms with E-state index in [4.69, 9.17) is 9.47 Å². The number of aryl methyl sites for hydroxylation is 3. The van der Waals surface area contributed by atoms with E-state index in [2.05, 4.69) is 37.4 Å². The Bertz CT molecular complexity index is 725. The molecule has 0 fully saturated rings. The van der Waals surface area contributed by atoms with Crippen molar-refractivity contribution in [2.75, 3.05) is 13.7 Å². The number of carbonyl (C=O) groups is 1. The Morgan fingerprint density at radius 3 is 2.44 bits per heavy atom. The summed E-state index contributed by atoms with van der Waals surface area (Å²) >= 11 is 0. The number of methoxy groups -OCH3 is 1. The van der Waals surface area contributed by atoms with Crippen molar-refractivity contribution in [2.45, 2.75) is 40.2 Å². The number of carbonyl (C=O) groups excluding carboxylic acids is 1. The lowest BCUT2D eigenvalue weighted by Crippen LogP contribution is -2.23. The van der Waals surface area contributed by atoms with Crippen molar-refractivity contribution in [2.24, 2.45) is 0 Å². The molecule has 0 saturated carbocycles. The predicted octanol–water partition coefficient (Wildman–Crippen LogP) is 3.96. The van der Waals surface area contributed by atoms with Crippen LogP contribution in [0.3, 0.4) is 0 Å². The SMILES string of the molecule is CCOc1cc(CNC(=O)CCc2ccc(C)c(C)c2)ccc1OC. The summed E-state index contributed by atoms with van der Waals surface area (Å²) in [6, 6.07) is 12.1. The largest absolute Gasteiger partial charge is 0.493 e. The molecule has 0 saturated heterocycles. The fourth-order valence-electron chi connectivity index (χ4n) is 2.61. The Morgan fingerprint density at radius 2 is 1.76 bits per heavy atom. The van der Waals surface area contributed by atoms with E-state index in [0.717, 1.165) is 12.0 Å². The molecule has 0 bridgehead atoms. The molecule has 0 spiro atoms. The molecule has 0 unspecified atom stereocenters. The Balaban J connectivity index is 1.87. The average Bonchev–Trinajstić information content (AvgIpc) is 2.61. The highest BCUT2D eigenvalue weighted by atomic mass is 16.5. The summed E-state index contributed by atoms with van der Waals surface area (Å²) in [5.74, 6) is 1.45. The minimum absolute atomic E-state index is 0.0482. The molecule has 4 nitrogen and oxygen atoms in total. The third kappa shape index (κ3) is 5.52. The second-order valence-electron chi connectivity index (χ2n) is 6.11. The first-order chi connectivity index (χ1) is 12.0. The maximum absolute atomic E-state index is 12.1. The second-order valence-corrected chi connectivity index (χ2v) is 6.11. The summed E-state index contributed by atoms with van der Waals surface area (Å²) in [5.41, 5.74) is 4.72. The molecular weight excluding hydrogens is 314 g/mol. The molecule has 4 heteroatoms. The first kappa shape index (κ1) is 18.8. The van der Waals surface area contributed by atoms with Crippen LogP contribution in [-0.4, -0.2) is 19.6 Å². The molecule has 1 amide bonds. The smallest absolute Gasteiger partial charge is 0.220 e. The molecule has 2 aromatic rings. The summed E-state index contributed by atoms with van der Waals surface area (Å²) in [4.78, 5) is 12.1. The van der Waals surface area contributed by atoms with Gasteiger partial charge in [0.2, 0.25) is 5.91 Å². The van der Waals surface area contributed by atoms with E-state index >= 15 is 0 Å². The van der Waals surface area contributed by atoms with Crippen LogP contribution >= 0.6 is 0 Å². The number of rotatable bonds is 8. The van der Waals surface area contributed by atoms with Crippen LogP contribution in [0.15, 0.2) is 36.4 Å². The lowest BCUT2D eigenvalue weighted by atomic mass is 10.0.